The third kappa shape index (κ3) is 0.804. The molecular formula is C3H5NO2Si. The van der Waals surface area contributed by atoms with Crippen LogP contribution in [0.25, 0.3) is 0 Å². The Balaban J connectivity index is 2.76. The molecule has 0 unspecified atom stereocenters. The highest BCUT2D eigenvalue weighted by Gasteiger charge is 1.86. The maximum Gasteiger partial charge on any atom is 0.378 e. The van der Waals surface area contributed by atoms with Crippen molar-refractivity contribution < 1.29 is 8.84 Å². The van der Waals surface area contributed by atoms with Gasteiger partial charge in [0.2, 0.25) is 10.5 Å². The van der Waals surface area contributed by atoms with Crippen LogP contribution in [0.1, 0.15) is 0 Å². The minimum atomic E-state index is 0.367. The lowest BCUT2D eigenvalue weighted by atomic mass is 11.0. The van der Waals surface area contributed by atoms with Gasteiger partial charge in [0.25, 0.3) is 0 Å². The summed E-state index contributed by atoms with van der Waals surface area (Å²) in [6, 6.07) is 0. The fraction of sp³-hybridized carbons (Fsp3) is 0. The van der Waals surface area contributed by atoms with Crippen molar-refractivity contribution in [1.82, 2.24) is 4.98 Å². The monoisotopic (exact) mass is 115 g/mol. The number of nitrogens with zero attached hydrogens (tertiary/aromatic N) is 1. The van der Waals surface area contributed by atoms with Gasteiger partial charge in [0, 0.05) is 0 Å². The number of aromatic nitrogens is 1. The average molecular weight is 115 g/mol. The van der Waals surface area contributed by atoms with Gasteiger partial charge >= 0.3 is 6.08 Å². The summed E-state index contributed by atoms with van der Waals surface area (Å²) in [6.07, 6.45) is 3.40. The minimum absolute atomic E-state index is 0.367. The molecule has 1 aromatic heterocycles. The van der Waals surface area contributed by atoms with Crippen molar-refractivity contribution in [2.45, 2.75) is 0 Å². The smallest absolute Gasteiger partial charge is 0.378 e. The van der Waals surface area contributed by atoms with Crippen LogP contribution in [0, 0.1) is 0 Å². The van der Waals surface area contributed by atoms with Crippen molar-refractivity contribution in [3.05, 3.63) is 12.5 Å². The summed E-state index contributed by atoms with van der Waals surface area (Å²) in [5.74, 6) is 0. The van der Waals surface area contributed by atoms with Crippen LogP contribution in [-0.2, 0) is 0 Å². The molecule has 0 aliphatic carbocycles. The van der Waals surface area contributed by atoms with Crippen LogP contribution in [-0.4, -0.2) is 15.5 Å². The third-order valence-electron chi connectivity index (χ3n) is 0.584. The van der Waals surface area contributed by atoms with Gasteiger partial charge in [-0.05, 0) is 0 Å². The van der Waals surface area contributed by atoms with Gasteiger partial charge in [-0.15, -0.1) is 0 Å². The van der Waals surface area contributed by atoms with Crippen molar-refractivity contribution >= 4 is 10.5 Å². The second kappa shape index (κ2) is 1.79. The molecule has 0 aromatic carbocycles. The van der Waals surface area contributed by atoms with E-state index < -0.39 is 0 Å². The second-order valence-electron chi connectivity index (χ2n) is 1.00. The molecule has 1 rings (SSSR count). The molecule has 0 radical (unpaired) electrons. The largest absolute Gasteiger partial charge is 0.514 e. The van der Waals surface area contributed by atoms with Crippen LogP contribution in [0.2, 0.25) is 0 Å². The van der Waals surface area contributed by atoms with E-state index in [1.54, 1.807) is 6.20 Å². The summed E-state index contributed by atoms with van der Waals surface area (Å²) < 4.78 is 9.40. The highest BCUT2D eigenvalue weighted by Crippen LogP contribution is 2.00. The molecular weight excluding hydrogens is 110 g/mol. The molecule has 7 heavy (non-hydrogen) atoms. The summed E-state index contributed by atoms with van der Waals surface area (Å²) in [7, 11) is 0.636. The Bertz CT molecular complexity index is 127. The predicted octanol–water partition coefficient (Wildman–Crippen LogP) is -0.666. The molecule has 1 aromatic rings. The molecule has 0 spiro atoms. The van der Waals surface area contributed by atoms with E-state index in [-0.39, 0.29) is 0 Å². The van der Waals surface area contributed by atoms with E-state index in [1.807, 2.05) is 0 Å². The molecule has 3 nitrogen and oxygen atoms in total. The summed E-state index contributed by atoms with van der Waals surface area (Å²) >= 11 is 0. The molecule has 0 saturated carbocycles. The van der Waals surface area contributed by atoms with Crippen LogP contribution in [0.5, 0.6) is 6.08 Å². The normalized spacial score (nSPS) is 9.14. The Kier molecular flexibility index (Phi) is 1.12. The lowest BCUT2D eigenvalue weighted by Crippen LogP contribution is -1.81. The van der Waals surface area contributed by atoms with E-state index in [4.69, 9.17) is 4.43 Å². The zero-order valence-corrected chi connectivity index (χ0v) is 5.92. The highest BCUT2D eigenvalue weighted by molar-refractivity contribution is 5.99. The van der Waals surface area contributed by atoms with E-state index in [1.165, 1.54) is 6.26 Å². The topological polar surface area (TPSA) is 35.3 Å². The highest BCUT2D eigenvalue weighted by atomic mass is 28.2. The molecule has 0 aliphatic rings. The van der Waals surface area contributed by atoms with Gasteiger partial charge in [-0.3, -0.25) is 0 Å². The van der Waals surface area contributed by atoms with Gasteiger partial charge in [0.1, 0.15) is 6.26 Å². The van der Waals surface area contributed by atoms with Gasteiger partial charge in [-0.25, -0.2) is 0 Å². The van der Waals surface area contributed by atoms with Gasteiger partial charge < -0.3 is 8.84 Å². The van der Waals surface area contributed by atoms with Crippen molar-refractivity contribution in [3.8, 4) is 6.08 Å². The van der Waals surface area contributed by atoms with Crippen LogP contribution < -0.4 is 4.43 Å². The van der Waals surface area contributed by atoms with Crippen LogP contribution >= 0.6 is 0 Å². The first-order chi connectivity index (χ1) is 3.43. The SMILES string of the molecule is [SiH3]Oc1ncco1. The lowest BCUT2D eigenvalue weighted by molar-refractivity contribution is 0.392. The van der Waals surface area contributed by atoms with E-state index in [2.05, 4.69) is 9.40 Å². The molecule has 0 N–H and O–H groups in total. The fourth-order valence-electron chi connectivity index (χ4n) is 0.311. The van der Waals surface area contributed by atoms with E-state index >= 15 is 0 Å². The molecule has 0 saturated heterocycles. The van der Waals surface area contributed by atoms with E-state index in [0.29, 0.717) is 16.6 Å². The summed E-state index contributed by atoms with van der Waals surface area (Å²) in [5, 5.41) is 0. The van der Waals surface area contributed by atoms with Crippen molar-refractivity contribution in [2.75, 3.05) is 0 Å². The summed E-state index contributed by atoms with van der Waals surface area (Å²) in [4.78, 5) is 3.68. The van der Waals surface area contributed by atoms with Crippen molar-refractivity contribution in [1.29, 1.82) is 0 Å². The van der Waals surface area contributed by atoms with Crippen molar-refractivity contribution in [2.24, 2.45) is 0 Å². The van der Waals surface area contributed by atoms with Crippen LogP contribution in [0.3, 0.4) is 0 Å². The first-order valence-electron chi connectivity index (χ1n) is 1.87. The minimum Gasteiger partial charge on any atom is -0.514 e. The number of hydrogen-bond donors (Lipinski definition) is 0. The lowest BCUT2D eigenvalue weighted by Gasteiger charge is -1.84. The van der Waals surface area contributed by atoms with Gasteiger partial charge in [0.05, 0.1) is 6.20 Å². The Hall–Kier alpha value is -0.773. The second-order valence-corrected chi connectivity index (χ2v) is 1.41. The Morgan fingerprint density at radius 1 is 1.86 bits per heavy atom. The molecule has 0 fully saturated rings. The quantitative estimate of drug-likeness (QED) is 0.455. The van der Waals surface area contributed by atoms with Crippen LogP contribution in [0.4, 0.5) is 0 Å². The first-order valence-corrected chi connectivity index (χ1v) is 2.68. The maximum atomic E-state index is 4.72. The summed E-state index contributed by atoms with van der Waals surface area (Å²) in [6.45, 7) is 0. The molecule has 0 aliphatic heterocycles. The maximum absolute atomic E-state index is 4.72. The molecule has 0 bridgehead atoms. The zero-order chi connectivity index (χ0) is 5.11. The Labute approximate surface area is 43.9 Å². The number of oxazole rings is 1. The number of hydrogen-bond acceptors (Lipinski definition) is 3. The van der Waals surface area contributed by atoms with Gasteiger partial charge in [-0.2, -0.15) is 4.98 Å². The standard InChI is InChI=1S/C3H5NO2Si/c7-6-3-4-1-2-5-3/h1-2H,7H3. The number of rotatable bonds is 1. The van der Waals surface area contributed by atoms with Gasteiger partial charge in [-0.1, -0.05) is 0 Å². The van der Waals surface area contributed by atoms with E-state index in [9.17, 15) is 0 Å². The Morgan fingerprint density at radius 2 is 2.71 bits per heavy atom. The average Bonchev–Trinajstić information content (AvgIpc) is 2.14. The molecule has 4 heteroatoms. The molecule has 0 atom stereocenters. The molecule has 1 heterocycles. The molecule has 38 valence electrons. The summed E-state index contributed by atoms with van der Waals surface area (Å²) in [5.41, 5.74) is 0. The fourth-order valence-corrected chi connectivity index (χ4v) is 0.513. The zero-order valence-electron chi connectivity index (χ0n) is 3.92. The third-order valence-corrected chi connectivity index (χ3v) is 0.934. The van der Waals surface area contributed by atoms with E-state index in [0.717, 1.165) is 0 Å². The van der Waals surface area contributed by atoms with Crippen LogP contribution in [0.15, 0.2) is 16.9 Å². The van der Waals surface area contributed by atoms with Crippen molar-refractivity contribution in [3.63, 3.8) is 0 Å². The molecule has 0 amide bonds. The van der Waals surface area contributed by atoms with Gasteiger partial charge in [0.15, 0.2) is 0 Å². The first kappa shape index (κ1) is 4.39. The predicted molar refractivity (Wildman–Crippen MR) is 27.1 cm³/mol. The Morgan fingerprint density at radius 3 is 3.00 bits per heavy atom.